The van der Waals surface area contributed by atoms with Crippen LogP contribution in [-0.2, 0) is 9.53 Å². The summed E-state index contributed by atoms with van der Waals surface area (Å²) in [4.78, 5) is 26.4. The summed E-state index contributed by atoms with van der Waals surface area (Å²) in [7, 11) is 0. The first-order valence-corrected chi connectivity index (χ1v) is 9.89. The molecule has 1 aliphatic rings. The van der Waals surface area contributed by atoms with Crippen molar-refractivity contribution in [3.8, 4) is 5.75 Å². The van der Waals surface area contributed by atoms with Crippen molar-refractivity contribution < 1.29 is 19.1 Å². The Morgan fingerprint density at radius 3 is 2.31 bits per heavy atom. The number of nitrogens with one attached hydrogen (secondary N) is 2. The number of benzene rings is 2. The molecular weight excluding hydrogens is 370 g/mol. The molecule has 2 aromatic rings. The Morgan fingerprint density at radius 1 is 1.00 bits per heavy atom. The molecule has 154 valence electrons. The van der Waals surface area contributed by atoms with E-state index in [4.69, 9.17) is 9.47 Å². The van der Waals surface area contributed by atoms with Crippen LogP contribution in [-0.4, -0.2) is 56.2 Å². The van der Waals surface area contributed by atoms with Crippen LogP contribution >= 0.6 is 0 Å². The molecule has 1 saturated heterocycles. The molecule has 7 heteroatoms. The minimum absolute atomic E-state index is 0.00366. The summed E-state index contributed by atoms with van der Waals surface area (Å²) in [6.07, 6.45) is 0.951. The van der Waals surface area contributed by atoms with E-state index in [1.807, 2.05) is 24.3 Å². The predicted octanol–water partition coefficient (Wildman–Crippen LogP) is 3.00. The smallest absolute Gasteiger partial charge is 0.254 e. The molecule has 1 fully saturated rings. The Bertz CT molecular complexity index is 800. The van der Waals surface area contributed by atoms with Gasteiger partial charge < -0.3 is 25.0 Å². The summed E-state index contributed by atoms with van der Waals surface area (Å²) in [6, 6.07) is 14.5. The normalized spacial score (nSPS) is 13.6. The molecule has 7 nitrogen and oxygen atoms in total. The van der Waals surface area contributed by atoms with E-state index in [1.54, 1.807) is 29.2 Å². The first-order chi connectivity index (χ1) is 14.2. The molecule has 0 unspecified atom stereocenters. The molecule has 0 radical (unpaired) electrons. The van der Waals surface area contributed by atoms with Crippen LogP contribution in [0, 0.1) is 0 Å². The van der Waals surface area contributed by atoms with Crippen LogP contribution in [0.15, 0.2) is 48.5 Å². The number of hydrogen-bond acceptors (Lipinski definition) is 5. The van der Waals surface area contributed by atoms with Gasteiger partial charge in [-0.3, -0.25) is 9.59 Å². The van der Waals surface area contributed by atoms with E-state index in [1.165, 1.54) is 0 Å². The van der Waals surface area contributed by atoms with Gasteiger partial charge in [-0.1, -0.05) is 6.92 Å². The molecular formula is C22H27N3O4. The Labute approximate surface area is 171 Å². The zero-order chi connectivity index (χ0) is 20.5. The van der Waals surface area contributed by atoms with Crippen molar-refractivity contribution in [1.29, 1.82) is 0 Å². The fraction of sp³-hybridized carbons (Fsp3) is 0.364. The van der Waals surface area contributed by atoms with E-state index in [0.717, 1.165) is 17.9 Å². The van der Waals surface area contributed by atoms with Crippen molar-refractivity contribution in [2.24, 2.45) is 0 Å². The van der Waals surface area contributed by atoms with Gasteiger partial charge >= 0.3 is 0 Å². The molecule has 0 spiro atoms. The fourth-order valence-electron chi connectivity index (χ4n) is 2.92. The number of morpholine rings is 1. The van der Waals surface area contributed by atoms with E-state index in [-0.39, 0.29) is 18.4 Å². The highest BCUT2D eigenvalue weighted by Gasteiger charge is 2.18. The van der Waals surface area contributed by atoms with Crippen LogP contribution in [0.2, 0.25) is 0 Å². The molecule has 1 heterocycles. The molecule has 0 aliphatic carbocycles. The Hall–Kier alpha value is -3.06. The Morgan fingerprint density at radius 2 is 1.66 bits per heavy atom. The molecule has 2 aromatic carbocycles. The SMILES string of the molecule is CCCOc1ccc(NC(=O)CNc2ccc(C(=O)N3CCOCC3)cc2)cc1. The summed E-state index contributed by atoms with van der Waals surface area (Å²) in [5.74, 6) is 0.638. The quantitative estimate of drug-likeness (QED) is 0.716. The Kier molecular flexibility index (Phi) is 7.47. The van der Waals surface area contributed by atoms with Gasteiger partial charge in [-0.2, -0.15) is 0 Å². The number of carbonyl (C=O) groups is 2. The number of amides is 2. The second-order valence-electron chi connectivity index (χ2n) is 6.76. The molecule has 2 N–H and O–H groups in total. The average Bonchev–Trinajstić information content (AvgIpc) is 2.78. The zero-order valence-electron chi connectivity index (χ0n) is 16.6. The van der Waals surface area contributed by atoms with Crippen molar-refractivity contribution in [2.75, 3.05) is 50.1 Å². The monoisotopic (exact) mass is 397 g/mol. The lowest BCUT2D eigenvalue weighted by molar-refractivity contribution is -0.114. The highest BCUT2D eigenvalue weighted by Crippen LogP contribution is 2.16. The Balaban J connectivity index is 1.45. The van der Waals surface area contributed by atoms with Gasteiger partial charge in [0.25, 0.3) is 5.91 Å². The summed E-state index contributed by atoms with van der Waals surface area (Å²) in [5, 5.41) is 5.91. The van der Waals surface area contributed by atoms with Crippen molar-refractivity contribution in [1.82, 2.24) is 4.90 Å². The van der Waals surface area contributed by atoms with E-state index >= 15 is 0 Å². The molecule has 0 saturated carbocycles. The lowest BCUT2D eigenvalue weighted by Gasteiger charge is -2.26. The predicted molar refractivity (Wildman–Crippen MR) is 113 cm³/mol. The van der Waals surface area contributed by atoms with Crippen LogP contribution in [0.25, 0.3) is 0 Å². The van der Waals surface area contributed by atoms with E-state index < -0.39 is 0 Å². The van der Waals surface area contributed by atoms with E-state index in [0.29, 0.717) is 44.2 Å². The number of nitrogens with zero attached hydrogens (tertiary/aromatic N) is 1. The number of rotatable bonds is 8. The lowest BCUT2D eigenvalue weighted by Crippen LogP contribution is -2.40. The average molecular weight is 397 g/mol. The second-order valence-corrected chi connectivity index (χ2v) is 6.76. The van der Waals surface area contributed by atoms with Gasteiger partial charge in [0.15, 0.2) is 0 Å². The van der Waals surface area contributed by atoms with Gasteiger partial charge in [-0.15, -0.1) is 0 Å². The second kappa shape index (κ2) is 10.5. The topological polar surface area (TPSA) is 79.9 Å². The van der Waals surface area contributed by atoms with Crippen molar-refractivity contribution in [3.05, 3.63) is 54.1 Å². The van der Waals surface area contributed by atoms with Crippen molar-refractivity contribution >= 4 is 23.2 Å². The van der Waals surface area contributed by atoms with Gasteiger partial charge in [0, 0.05) is 30.0 Å². The standard InChI is InChI=1S/C22H27N3O4/c1-2-13-29-20-9-7-19(8-10-20)24-21(26)16-23-18-5-3-17(4-6-18)22(27)25-11-14-28-15-12-25/h3-10,23H,2,11-16H2,1H3,(H,24,26). The maximum atomic E-state index is 12.4. The summed E-state index contributed by atoms with van der Waals surface area (Å²) in [5.41, 5.74) is 2.13. The van der Waals surface area contributed by atoms with Crippen LogP contribution in [0.4, 0.5) is 11.4 Å². The van der Waals surface area contributed by atoms with E-state index in [9.17, 15) is 9.59 Å². The largest absolute Gasteiger partial charge is 0.494 e. The molecule has 3 rings (SSSR count). The van der Waals surface area contributed by atoms with Gasteiger partial charge in [-0.05, 0) is 55.0 Å². The lowest BCUT2D eigenvalue weighted by atomic mass is 10.1. The first kappa shape index (κ1) is 20.7. The van der Waals surface area contributed by atoms with Gasteiger partial charge in [0.2, 0.25) is 5.91 Å². The van der Waals surface area contributed by atoms with Crippen LogP contribution in [0.5, 0.6) is 5.75 Å². The first-order valence-electron chi connectivity index (χ1n) is 9.89. The number of ether oxygens (including phenoxy) is 2. The highest BCUT2D eigenvalue weighted by molar-refractivity contribution is 5.95. The highest BCUT2D eigenvalue weighted by atomic mass is 16.5. The number of hydrogen-bond donors (Lipinski definition) is 2. The molecule has 2 amide bonds. The minimum Gasteiger partial charge on any atom is -0.494 e. The summed E-state index contributed by atoms with van der Waals surface area (Å²) >= 11 is 0. The fourth-order valence-corrected chi connectivity index (χ4v) is 2.92. The summed E-state index contributed by atoms with van der Waals surface area (Å²) in [6.45, 7) is 5.24. The molecule has 29 heavy (non-hydrogen) atoms. The van der Waals surface area contributed by atoms with Crippen LogP contribution < -0.4 is 15.4 Å². The molecule has 0 atom stereocenters. The number of carbonyl (C=O) groups excluding carboxylic acids is 2. The summed E-state index contributed by atoms with van der Waals surface area (Å²) < 4.78 is 10.8. The van der Waals surface area contributed by atoms with Gasteiger partial charge in [0.05, 0.1) is 26.4 Å². The zero-order valence-corrected chi connectivity index (χ0v) is 16.6. The van der Waals surface area contributed by atoms with E-state index in [2.05, 4.69) is 17.6 Å². The van der Waals surface area contributed by atoms with Crippen LogP contribution in [0.1, 0.15) is 23.7 Å². The maximum absolute atomic E-state index is 12.4. The minimum atomic E-state index is -0.152. The maximum Gasteiger partial charge on any atom is 0.254 e. The molecule has 1 aliphatic heterocycles. The van der Waals surface area contributed by atoms with Gasteiger partial charge in [0.1, 0.15) is 5.75 Å². The molecule has 0 bridgehead atoms. The molecule has 0 aromatic heterocycles. The third kappa shape index (κ3) is 6.22. The van der Waals surface area contributed by atoms with Crippen molar-refractivity contribution in [3.63, 3.8) is 0 Å². The number of anilines is 2. The third-order valence-electron chi connectivity index (χ3n) is 4.49. The van der Waals surface area contributed by atoms with Gasteiger partial charge in [-0.25, -0.2) is 0 Å². The third-order valence-corrected chi connectivity index (χ3v) is 4.49. The van der Waals surface area contributed by atoms with Crippen molar-refractivity contribution in [2.45, 2.75) is 13.3 Å². The van der Waals surface area contributed by atoms with Crippen LogP contribution in [0.3, 0.4) is 0 Å².